The van der Waals surface area contributed by atoms with Gasteiger partial charge in [0.25, 0.3) is 0 Å². The molecule has 22 heavy (non-hydrogen) atoms. The topological polar surface area (TPSA) is 66.8 Å². The van der Waals surface area contributed by atoms with E-state index in [0.29, 0.717) is 23.5 Å². The number of rotatable bonds is 2. The van der Waals surface area contributed by atoms with Crippen molar-refractivity contribution in [2.75, 3.05) is 5.75 Å². The maximum atomic E-state index is 12.6. The molecule has 3 aliphatic rings. The van der Waals surface area contributed by atoms with Crippen LogP contribution in [0.3, 0.4) is 0 Å². The van der Waals surface area contributed by atoms with Crippen molar-refractivity contribution < 1.29 is 19.4 Å². The molecule has 2 aliphatic carbocycles. The first-order valence-corrected chi connectivity index (χ1v) is 8.85. The van der Waals surface area contributed by atoms with Crippen molar-refractivity contribution in [3.8, 4) is 0 Å². The molecule has 2 unspecified atom stereocenters. The minimum atomic E-state index is -0.945. The average Bonchev–Trinajstić information content (AvgIpc) is 3.10. The molecule has 0 aromatic heterocycles. The molecule has 1 saturated heterocycles. The van der Waals surface area contributed by atoms with Crippen LogP contribution in [0.25, 0.3) is 0 Å². The number of carboxylic acid groups (broad SMARTS) is 1. The van der Waals surface area contributed by atoms with Crippen LogP contribution in [0.4, 0.5) is 4.79 Å². The molecule has 2 bridgehead atoms. The molecule has 3 rings (SSSR count). The summed E-state index contributed by atoms with van der Waals surface area (Å²) in [5, 5.41) is 9.36. The lowest BCUT2D eigenvalue weighted by molar-refractivity contribution is -0.142. The SMILES string of the molecule is CC(C)(C)OC(=O)N1C([C@@H]2C[C@@H]3C=CC2C3)SC[C@H]1C(=O)O. The largest absolute Gasteiger partial charge is 0.480 e. The molecule has 1 saturated carbocycles. The number of carbonyl (C=O) groups excluding carboxylic acids is 1. The zero-order valence-electron chi connectivity index (χ0n) is 13.2. The second-order valence-electron chi connectivity index (χ2n) is 7.41. The Labute approximate surface area is 135 Å². The van der Waals surface area contributed by atoms with Crippen molar-refractivity contribution in [3.63, 3.8) is 0 Å². The van der Waals surface area contributed by atoms with E-state index in [9.17, 15) is 14.7 Å². The van der Waals surface area contributed by atoms with E-state index < -0.39 is 23.7 Å². The Morgan fingerprint density at radius 2 is 2.00 bits per heavy atom. The number of nitrogens with zero attached hydrogens (tertiary/aromatic N) is 1. The van der Waals surface area contributed by atoms with E-state index in [2.05, 4.69) is 12.2 Å². The molecule has 1 heterocycles. The van der Waals surface area contributed by atoms with Gasteiger partial charge in [-0.05, 0) is 51.4 Å². The number of ether oxygens (including phenoxy) is 1. The first-order valence-electron chi connectivity index (χ1n) is 7.80. The normalized spacial score (nSPS) is 36.9. The van der Waals surface area contributed by atoms with Crippen molar-refractivity contribution >= 4 is 23.8 Å². The summed E-state index contributed by atoms with van der Waals surface area (Å²) in [7, 11) is 0. The monoisotopic (exact) mass is 325 g/mol. The maximum absolute atomic E-state index is 12.6. The molecular weight excluding hydrogens is 302 g/mol. The minimum Gasteiger partial charge on any atom is -0.480 e. The third kappa shape index (κ3) is 2.85. The van der Waals surface area contributed by atoms with Gasteiger partial charge in [0.15, 0.2) is 0 Å². The van der Waals surface area contributed by atoms with Crippen LogP contribution in [-0.4, -0.2) is 44.8 Å². The predicted octanol–water partition coefficient (Wildman–Crippen LogP) is 2.96. The van der Waals surface area contributed by atoms with Crippen molar-refractivity contribution in [2.24, 2.45) is 17.8 Å². The summed E-state index contributed by atoms with van der Waals surface area (Å²) < 4.78 is 5.46. The fourth-order valence-corrected chi connectivity index (χ4v) is 5.38. The summed E-state index contributed by atoms with van der Waals surface area (Å²) in [6.07, 6.45) is 6.18. The molecule has 122 valence electrons. The highest BCUT2D eigenvalue weighted by Crippen LogP contribution is 2.50. The fraction of sp³-hybridized carbons (Fsp3) is 0.750. The lowest BCUT2D eigenvalue weighted by Crippen LogP contribution is -2.50. The Morgan fingerprint density at radius 1 is 1.27 bits per heavy atom. The van der Waals surface area contributed by atoms with E-state index in [0.717, 1.165) is 12.8 Å². The van der Waals surface area contributed by atoms with Gasteiger partial charge >= 0.3 is 12.1 Å². The van der Waals surface area contributed by atoms with Crippen LogP contribution in [0, 0.1) is 17.8 Å². The van der Waals surface area contributed by atoms with E-state index in [4.69, 9.17) is 4.74 Å². The molecule has 1 amide bonds. The smallest absolute Gasteiger partial charge is 0.411 e. The lowest BCUT2D eigenvalue weighted by Gasteiger charge is -2.35. The number of hydrogen-bond acceptors (Lipinski definition) is 4. The molecule has 1 aliphatic heterocycles. The number of thioether (sulfide) groups is 1. The number of carboxylic acids is 1. The summed E-state index contributed by atoms with van der Waals surface area (Å²) in [6, 6.07) is -0.784. The Hall–Kier alpha value is -1.17. The van der Waals surface area contributed by atoms with E-state index in [1.807, 2.05) is 0 Å². The third-order valence-electron chi connectivity index (χ3n) is 4.62. The van der Waals surface area contributed by atoms with Gasteiger partial charge in [-0.25, -0.2) is 9.59 Å². The first kappa shape index (κ1) is 15.7. The molecule has 1 N–H and O–H groups in total. The second-order valence-corrected chi connectivity index (χ2v) is 8.56. The molecular formula is C16H23NO4S. The van der Waals surface area contributed by atoms with E-state index in [-0.39, 0.29) is 5.37 Å². The van der Waals surface area contributed by atoms with Crippen LogP contribution >= 0.6 is 11.8 Å². The van der Waals surface area contributed by atoms with Crippen LogP contribution in [0.15, 0.2) is 12.2 Å². The number of aliphatic carboxylic acids is 1. The highest BCUT2D eigenvalue weighted by Gasteiger charge is 2.51. The summed E-state index contributed by atoms with van der Waals surface area (Å²) in [5.74, 6) is 0.910. The number of fused-ring (bicyclic) bond motifs is 2. The predicted molar refractivity (Wildman–Crippen MR) is 84.6 cm³/mol. The van der Waals surface area contributed by atoms with Gasteiger partial charge in [0, 0.05) is 5.75 Å². The number of allylic oxidation sites excluding steroid dienone is 2. The van der Waals surface area contributed by atoms with Crippen molar-refractivity contribution in [3.05, 3.63) is 12.2 Å². The van der Waals surface area contributed by atoms with Crippen molar-refractivity contribution in [1.29, 1.82) is 0 Å². The first-order chi connectivity index (χ1) is 10.3. The summed E-state index contributed by atoms with van der Waals surface area (Å²) in [4.78, 5) is 25.6. The van der Waals surface area contributed by atoms with Crippen LogP contribution in [-0.2, 0) is 9.53 Å². The van der Waals surface area contributed by atoms with Gasteiger partial charge in [-0.1, -0.05) is 12.2 Å². The zero-order chi connectivity index (χ0) is 16.1. The maximum Gasteiger partial charge on any atom is 0.411 e. The molecule has 0 radical (unpaired) electrons. The quantitative estimate of drug-likeness (QED) is 0.791. The van der Waals surface area contributed by atoms with Crippen LogP contribution in [0.5, 0.6) is 0 Å². The standard InChI is InChI=1S/C16H23NO4S/c1-16(2,3)21-15(20)17-12(14(18)19)8-22-13(17)11-7-9-4-5-10(11)6-9/h4-5,9-13H,6-8H2,1-3H3,(H,18,19)/t9-,10?,11-,12+,13?/m1/s1. The molecule has 5 atom stereocenters. The van der Waals surface area contributed by atoms with Gasteiger partial charge in [0.05, 0.1) is 5.37 Å². The summed E-state index contributed by atoms with van der Waals surface area (Å²) in [5.41, 5.74) is -0.619. The number of carbonyl (C=O) groups is 2. The van der Waals surface area contributed by atoms with Gasteiger partial charge in [0.2, 0.25) is 0 Å². The van der Waals surface area contributed by atoms with Gasteiger partial charge < -0.3 is 9.84 Å². The Balaban J connectivity index is 1.81. The molecule has 0 aromatic rings. The Kier molecular flexibility index (Phi) is 3.91. The van der Waals surface area contributed by atoms with E-state index in [1.54, 1.807) is 32.5 Å². The van der Waals surface area contributed by atoms with Gasteiger partial charge in [0.1, 0.15) is 11.6 Å². The number of hydrogen-bond donors (Lipinski definition) is 1. The average molecular weight is 325 g/mol. The lowest BCUT2D eigenvalue weighted by atomic mass is 9.92. The molecule has 0 aromatic carbocycles. The van der Waals surface area contributed by atoms with E-state index in [1.165, 1.54) is 4.90 Å². The third-order valence-corrected chi connectivity index (χ3v) is 6.05. The second kappa shape index (κ2) is 5.48. The van der Waals surface area contributed by atoms with Crippen molar-refractivity contribution in [1.82, 2.24) is 4.90 Å². The number of amides is 1. The molecule has 5 nitrogen and oxygen atoms in total. The van der Waals surface area contributed by atoms with Crippen LogP contribution in [0.2, 0.25) is 0 Å². The highest BCUT2D eigenvalue weighted by atomic mass is 32.2. The highest BCUT2D eigenvalue weighted by molar-refractivity contribution is 8.00. The zero-order valence-corrected chi connectivity index (χ0v) is 14.0. The van der Waals surface area contributed by atoms with Crippen LogP contribution in [0.1, 0.15) is 33.6 Å². The Bertz CT molecular complexity index is 513. The minimum absolute atomic E-state index is 0.0871. The molecule has 6 heteroatoms. The summed E-state index contributed by atoms with van der Waals surface area (Å²) >= 11 is 1.59. The van der Waals surface area contributed by atoms with E-state index >= 15 is 0 Å². The van der Waals surface area contributed by atoms with Gasteiger partial charge in [-0.3, -0.25) is 4.90 Å². The van der Waals surface area contributed by atoms with Gasteiger partial charge in [-0.15, -0.1) is 11.8 Å². The van der Waals surface area contributed by atoms with Crippen LogP contribution < -0.4 is 0 Å². The van der Waals surface area contributed by atoms with Crippen molar-refractivity contribution in [2.45, 2.75) is 50.6 Å². The fourth-order valence-electron chi connectivity index (χ4n) is 3.74. The molecule has 2 fully saturated rings. The Morgan fingerprint density at radius 3 is 2.50 bits per heavy atom. The van der Waals surface area contributed by atoms with Gasteiger partial charge in [-0.2, -0.15) is 0 Å². The molecule has 0 spiro atoms. The summed E-state index contributed by atoms with van der Waals surface area (Å²) in [6.45, 7) is 5.41.